The summed E-state index contributed by atoms with van der Waals surface area (Å²) in [5, 5.41) is 16.3. The number of carboxylic acids is 1. The van der Waals surface area contributed by atoms with Crippen molar-refractivity contribution in [1.29, 1.82) is 0 Å². The zero-order valence-electron chi connectivity index (χ0n) is 16.6. The van der Waals surface area contributed by atoms with Crippen LogP contribution in [0.5, 0.6) is 0 Å². The lowest BCUT2D eigenvalue weighted by molar-refractivity contribution is -0.368. The predicted octanol–water partition coefficient (Wildman–Crippen LogP) is -0.0256. The van der Waals surface area contributed by atoms with Gasteiger partial charge in [-0.1, -0.05) is 44.2 Å². The van der Waals surface area contributed by atoms with Crippen LogP contribution in [0.4, 0.5) is 4.79 Å². The van der Waals surface area contributed by atoms with Gasteiger partial charge in [0.2, 0.25) is 5.91 Å². The number of nitrogens with one attached hydrogen (secondary N) is 2. The lowest BCUT2D eigenvalue weighted by Gasteiger charge is -2.25. The highest BCUT2D eigenvalue weighted by Crippen LogP contribution is 2.07. The molecule has 0 heterocycles. The highest BCUT2D eigenvalue weighted by molar-refractivity contribution is 5.88. The molecule has 0 unspecified atom stereocenters. The fourth-order valence-corrected chi connectivity index (χ4v) is 2.66. The zero-order valence-corrected chi connectivity index (χ0v) is 16.6. The van der Waals surface area contributed by atoms with Gasteiger partial charge in [-0.05, 0) is 37.2 Å². The summed E-state index contributed by atoms with van der Waals surface area (Å²) in [6.07, 6.45) is 1.34. The highest BCUT2D eigenvalue weighted by Gasteiger charge is 2.24. The Balaban J connectivity index is 2.67. The molecule has 0 radical (unpaired) electrons. The number of carbonyl (C=O) groups is 3. The lowest BCUT2D eigenvalue weighted by Crippen LogP contribution is -2.55. The van der Waals surface area contributed by atoms with Gasteiger partial charge < -0.3 is 31.0 Å². The summed E-state index contributed by atoms with van der Waals surface area (Å²) in [4.78, 5) is 36.0. The van der Waals surface area contributed by atoms with Gasteiger partial charge in [-0.2, -0.15) is 0 Å². The van der Waals surface area contributed by atoms with Crippen molar-refractivity contribution in [2.75, 3.05) is 6.54 Å². The van der Waals surface area contributed by atoms with Crippen molar-refractivity contribution in [2.45, 2.75) is 58.2 Å². The van der Waals surface area contributed by atoms with E-state index in [9.17, 15) is 19.5 Å². The molecule has 2 amide bonds. The quantitative estimate of drug-likeness (QED) is 0.429. The van der Waals surface area contributed by atoms with Crippen LogP contribution in [0.25, 0.3) is 0 Å². The Kier molecular flexibility index (Phi) is 10.6. The fraction of sp³-hybridized carbons (Fsp3) is 0.550. The smallest absolute Gasteiger partial charge is 0.408 e. The van der Waals surface area contributed by atoms with Crippen molar-refractivity contribution < 1.29 is 30.0 Å². The number of hydrogen-bond acceptors (Lipinski definition) is 5. The number of hydrogen-bond donors (Lipinski definition) is 3. The summed E-state index contributed by atoms with van der Waals surface area (Å²) in [6, 6.07) is 7.18. The molecule has 1 rings (SSSR count). The van der Waals surface area contributed by atoms with Gasteiger partial charge in [0.15, 0.2) is 0 Å². The molecular weight excluding hydrogens is 362 g/mol. The molecule has 0 aliphatic rings. The van der Waals surface area contributed by atoms with Crippen molar-refractivity contribution in [2.24, 2.45) is 5.92 Å². The second-order valence-electron chi connectivity index (χ2n) is 7.12. The van der Waals surface area contributed by atoms with E-state index in [1.165, 1.54) is 0 Å². The first-order valence-electron chi connectivity index (χ1n) is 9.61. The van der Waals surface area contributed by atoms with Crippen LogP contribution in [0.2, 0.25) is 0 Å². The van der Waals surface area contributed by atoms with Crippen molar-refractivity contribution >= 4 is 18.0 Å². The number of amides is 2. The van der Waals surface area contributed by atoms with E-state index in [1.807, 2.05) is 44.2 Å². The number of carboxylic acid groups (broad SMARTS) is 1. The number of aliphatic carboxylic acids is 1. The van der Waals surface area contributed by atoms with Crippen molar-refractivity contribution in [3.05, 3.63) is 35.9 Å². The third-order valence-electron chi connectivity index (χ3n) is 4.12. The van der Waals surface area contributed by atoms with E-state index in [1.54, 1.807) is 0 Å². The van der Waals surface area contributed by atoms with Crippen molar-refractivity contribution in [3.8, 4) is 0 Å². The Morgan fingerprint density at radius 1 is 1.07 bits per heavy atom. The standard InChI is InChI=1S/C20H31N3O5/c1-14(2)12-17(19(25)26)22-18(24)16(10-6-7-11-21)23-20(27)28-13-15-8-4-3-5-9-15/h3-5,8-9,14,16-17H,6-7,10-13,21H2,1-2H3,(H,22,24)(H,23,27)(H,25,26)/t16-,17-/m0/s1. The van der Waals surface area contributed by atoms with Crippen LogP contribution < -0.4 is 21.5 Å². The number of quaternary nitrogens is 1. The number of carbonyl (C=O) groups excluding carboxylic acids is 3. The molecule has 5 N–H and O–H groups in total. The minimum Gasteiger partial charge on any atom is -0.548 e. The molecule has 8 nitrogen and oxygen atoms in total. The maximum absolute atomic E-state index is 12.6. The maximum atomic E-state index is 12.6. The van der Waals surface area contributed by atoms with Gasteiger partial charge in [0.25, 0.3) is 0 Å². The molecule has 1 aromatic rings. The van der Waals surface area contributed by atoms with E-state index in [4.69, 9.17) is 4.74 Å². The topological polar surface area (TPSA) is 135 Å². The molecule has 0 aliphatic carbocycles. The molecule has 0 aliphatic heterocycles. The maximum Gasteiger partial charge on any atom is 0.408 e. The van der Waals surface area contributed by atoms with Crippen LogP contribution in [0.1, 0.15) is 45.1 Å². The Morgan fingerprint density at radius 3 is 2.32 bits per heavy atom. The average molecular weight is 393 g/mol. The van der Waals surface area contributed by atoms with Gasteiger partial charge in [-0.3, -0.25) is 4.79 Å². The first-order chi connectivity index (χ1) is 13.3. The van der Waals surface area contributed by atoms with Gasteiger partial charge in [0.1, 0.15) is 12.6 Å². The average Bonchev–Trinajstić information content (AvgIpc) is 2.65. The lowest BCUT2D eigenvalue weighted by atomic mass is 10.0. The van der Waals surface area contributed by atoms with E-state index in [2.05, 4.69) is 16.4 Å². The van der Waals surface area contributed by atoms with Gasteiger partial charge in [0, 0.05) is 0 Å². The fourth-order valence-electron chi connectivity index (χ4n) is 2.66. The van der Waals surface area contributed by atoms with Gasteiger partial charge in [-0.15, -0.1) is 0 Å². The molecule has 2 atom stereocenters. The summed E-state index contributed by atoms with van der Waals surface area (Å²) < 4.78 is 5.16. The Morgan fingerprint density at radius 2 is 1.75 bits per heavy atom. The van der Waals surface area contributed by atoms with E-state index >= 15 is 0 Å². The predicted molar refractivity (Wildman–Crippen MR) is 102 cm³/mol. The molecule has 0 spiro atoms. The molecule has 0 aromatic heterocycles. The summed E-state index contributed by atoms with van der Waals surface area (Å²) in [7, 11) is 0. The van der Waals surface area contributed by atoms with Crippen molar-refractivity contribution in [1.82, 2.24) is 10.6 Å². The Labute approximate surface area is 165 Å². The van der Waals surface area contributed by atoms with Crippen LogP contribution in [0.15, 0.2) is 30.3 Å². The first kappa shape index (κ1) is 23.4. The monoisotopic (exact) mass is 393 g/mol. The first-order valence-corrected chi connectivity index (χ1v) is 9.61. The molecule has 8 heteroatoms. The SMILES string of the molecule is CC(C)C[C@H](NC(=O)[C@H](CCCC[NH3+])NC(=O)OCc1ccccc1)C(=O)[O-]. The molecule has 0 saturated carbocycles. The summed E-state index contributed by atoms with van der Waals surface area (Å²) in [5.41, 5.74) is 4.58. The van der Waals surface area contributed by atoms with Crippen molar-refractivity contribution in [3.63, 3.8) is 0 Å². The van der Waals surface area contributed by atoms with E-state index < -0.39 is 30.1 Å². The minimum absolute atomic E-state index is 0.0663. The number of rotatable bonds is 12. The van der Waals surface area contributed by atoms with Crippen LogP contribution in [0.3, 0.4) is 0 Å². The number of ether oxygens (including phenoxy) is 1. The molecule has 1 aromatic carbocycles. The summed E-state index contributed by atoms with van der Waals surface area (Å²) in [5.74, 6) is -1.84. The van der Waals surface area contributed by atoms with E-state index in [-0.39, 0.29) is 18.9 Å². The highest BCUT2D eigenvalue weighted by atomic mass is 16.5. The van der Waals surface area contributed by atoms with Gasteiger partial charge in [0.05, 0.1) is 18.6 Å². The molecule has 28 heavy (non-hydrogen) atoms. The van der Waals surface area contributed by atoms with Gasteiger partial charge in [-0.25, -0.2) is 4.79 Å². The third kappa shape index (κ3) is 9.36. The summed E-state index contributed by atoms with van der Waals surface area (Å²) >= 11 is 0. The molecular formula is C20H31N3O5. The number of benzene rings is 1. The third-order valence-corrected chi connectivity index (χ3v) is 4.12. The van der Waals surface area contributed by atoms with Gasteiger partial charge >= 0.3 is 6.09 Å². The second-order valence-corrected chi connectivity index (χ2v) is 7.12. The Bertz CT molecular complexity index is 622. The normalized spacial score (nSPS) is 12.9. The molecule has 156 valence electrons. The molecule has 0 bridgehead atoms. The minimum atomic E-state index is -1.34. The number of alkyl carbamates (subject to hydrolysis) is 1. The zero-order chi connectivity index (χ0) is 20.9. The number of unbranched alkanes of at least 4 members (excludes halogenated alkanes) is 1. The van der Waals surface area contributed by atoms with Crippen LogP contribution in [-0.4, -0.2) is 36.6 Å². The molecule has 0 fully saturated rings. The van der Waals surface area contributed by atoms with Crippen LogP contribution in [-0.2, 0) is 20.9 Å². The summed E-state index contributed by atoms with van der Waals surface area (Å²) in [6.45, 7) is 4.50. The molecule has 0 saturated heterocycles. The van der Waals surface area contributed by atoms with E-state index in [0.717, 1.165) is 12.0 Å². The van der Waals surface area contributed by atoms with E-state index in [0.29, 0.717) is 19.4 Å². The second kappa shape index (κ2) is 12.7. The van der Waals surface area contributed by atoms with Crippen LogP contribution >= 0.6 is 0 Å². The Hall–Kier alpha value is -2.61. The largest absolute Gasteiger partial charge is 0.548 e. The van der Waals surface area contributed by atoms with Crippen LogP contribution in [0, 0.1) is 5.92 Å².